The third-order valence-electron chi connectivity index (χ3n) is 2.17. The fraction of sp³-hybridized carbons (Fsp3) is 0.500. The molecule has 0 saturated carbocycles. The van der Waals surface area contributed by atoms with Crippen LogP contribution in [0.15, 0.2) is 17.2 Å². The van der Waals surface area contributed by atoms with Gasteiger partial charge in [-0.25, -0.2) is 0 Å². The molecule has 1 atom stereocenters. The van der Waals surface area contributed by atoms with E-state index in [4.69, 9.17) is 0 Å². The van der Waals surface area contributed by atoms with Gasteiger partial charge in [0.15, 0.2) is 0 Å². The third kappa shape index (κ3) is 2.38. The Kier molecular flexibility index (Phi) is 3.62. The van der Waals surface area contributed by atoms with Crippen LogP contribution in [0.5, 0.6) is 0 Å². The van der Waals surface area contributed by atoms with Crippen molar-refractivity contribution in [1.82, 2.24) is 15.3 Å². The van der Waals surface area contributed by atoms with E-state index in [1.54, 1.807) is 6.20 Å². The lowest BCUT2D eigenvalue weighted by Crippen LogP contribution is -2.14. The van der Waals surface area contributed by atoms with Crippen LogP contribution in [0.4, 0.5) is 0 Å². The highest BCUT2D eigenvalue weighted by Gasteiger charge is 2.16. The highest BCUT2D eigenvalue weighted by atomic mass is 79.9. The van der Waals surface area contributed by atoms with Crippen molar-refractivity contribution < 1.29 is 0 Å². The van der Waals surface area contributed by atoms with Crippen molar-refractivity contribution in [3.05, 3.63) is 28.4 Å². The number of hydrogen-bond donors (Lipinski definition) is 2. The predicted octanol–water partition coefficient (Wildman–Crippen LogP) is 0.425. The Morgan fingerprint density at radius 2 is 2.31 bits per heavy atom. The van der Waals surface area contributed by atoms with Gasteiger partial charge in [-0.3, -0.25) is 9.78 Å². The van der Waals surface area contributed by atoms with Gasteiger partial charge < -0.3 is 10.3 Å². The Hall–Kier alpha value is -0.680. The molecule has 0 aromatic carbocycles. The van der Waals surface area contributed by atoms with Crippen molar-refractivity contribution in [3.8, 4) is 0 Å². The van der Waals surface area contributed by atoms with Crippen LogP contribution in [0.1, 0.15) is 18.0 Å². The molecule has 1 aromatic heterocycles. The topological polar surface area (TPSA) is 57.8 Å². The summed E-state index contributed by atoms with van der Waals surface area (Å²) in [6.07, 6.45) is 4.12. The molecule has 1 unspecified atom stereocenters. The van der Waals surface area contributed by atoms with E-state index in [0.29, 0.717) is 5.92 Å². The zero-order valence-electron chi connectivity index (χ0n) is 7.12. The van der Waals surface area contributed by atoms with Gasteiger partial charge in [-0.05, 0) is 13.0 Å². The number of aromatic amines is 1. The van der Waals surface area contributed by atoms with Crippen LogP contribution in [0.3, 0.4) is 0 Å². The molecule has 0 aliphatic carbocycles. The number of hydrogen-bond acceptors (Lipinski definition) is 3. The molecular weight excluding hydrogens is 234 g/mol. The largest absolute Gasteiger partial charge is 0.323 e. The molecule has 2 heterocycles. The first-order valence-corrected chi connectivity index (χ1v) is 4.11. The summed E-state index contributed by atoms with van der Waals surface area (Å²) in [4.78, 5) is 17.6. The van der Waals surface area contributed by atoms with Crippen LogP contribution in [0.2, 0.25) is 0 Å². The molecule has 2 N–H and O–H groups in total. The number of aromatic nitrogens is 2. The van der Waals surface area contributed by atoms with E-state index in [9.17, 15) is 4.79 Å². The number of H-pyrrole nitrogens is 1. The van der Waals surface area contributed by atoms with Crippen molar-refractivity contribution in [2.24, 2.45) is 0 Å². The highest BCUT2D eigenvalue weighted by Crippen LogP contribution is 2.17. The van der Waals surface area contributed by atoms with Gasteiger partial charge in [-0.1, -0.05) is 0 Å². The fourth-order valence-corrected chi connectivity index (χ4v) is 1.52. The lowest BCUT2D eigenvalue weighted by Gasteiger charge is -2.05. The Morgan fingerprint density at radius 1 is 1.46 bits per heavy atom. The Balaban J connectivity index is 0.000000845. The van der Waals surface area contributed by atoms with Crippen LogP contribution < -0.4 is 10.9 Å². The van der Waals surface area contributed by atoms with Gasteiger partial charge in [-0.2, -0.15) is 0 Å². The minimum atomic E-state index is -0.112. The molecule has 1 aliphatic heterocycles. The molecule has 1 aromatic rings. The van der Waals surface area contributed by atoms with E-state index in [1.165, 1.54) is 6.20 Å². The minimum Gasteiger partial charge on any atom is -0.323 e. The smallest absolute Gasteiger partial charge is 0.266 e. The summed E-state index contributed by atoms with van der Waals surface area (Å²) in [5.41, 5.74) is 0.840. The molecule has 1 aliphatic rings. The summed E-state index contributed by atoms with van der Waals surface area (Å²) >= 11 is 0. The van der Waals surface area contributed by atoms with E-state index in [-0.39, 0.29) is 22.5 Å². The average molecular weight is 246 g/mol. The van der Waals surface area contributed by atoms with Gasteiger partial charge in [0.05, 0.1) is 6.20 Å². The second kappa shape index (κ2) is 4.53. The molecule has 4 nitrogen and oxygen atoms in total. The molecule has 0 spiro atoms. The summed E-state index contributed by atoms with van der Waals surface area (Å²) in [7, 11) is 0. The number of nitrogens with zero attached hydrogens (tertiary/aromatic N) is 1. The molecule has 72 valence electrons. The lowest BCUT2D eigenvalue weighted by atomic mass is 10.1. The third-order valence-corrected chi connectivity index (χ3v) is 2.17. The van der Waals surface area contributed by atoms with Gasteiger partial charge in [0.25, 0.3) is 5.56 Å². The number of rotatable bonds is 1. The van der Waals surface area contributed by atoms with Crippen molar-refractivity contribution in [2.75, 3.05) is 13.1 Å². The molecule has 0 radical (unpaired) electrons. The maximum atomic E-state index is 10.9. The monoisotopic (exact) mass is 245 g/mol. The quantitative estimate of drug-likeness (QED) is 0.755. The van der Waals surface area contributed by atoms with E-state index < -0.39 is 0 Å². The first-order valence-electron chi connectivity index (χ1n) is 4.11. The van der Waals surface area contributed by atoms with E-state index in [0.717, 1.165) is 25.2 Å². The molecule has 1 fully saturated rings. The predicted molar refractivity (Wildman–Crippen MR) is 55.4 cm³/mol. The fourth-order valence-electron chi connectivity index (χ4n) is 1.52. The second-order valence-corrected chi connectivity index (χ2v) is 3.04. The second-order valence-electron chi connectivity index (χ2n) is 3.04. The summed E-state index contributed by atoms with van der Waals surface area (Å²) in [5, 5.41) is 3.24. The van der Waals surface area contributed by atoms with Crippen LogP contribution in [-0.2, 0) is 0 Å². The highest BCUT2D eigenvalue weighted by molar-refractivity contribution is 8.93. The van der Waals surface area contributed by atoms with Gasteiger partial charge in [0.1, 0.15) is 0 Å². The van der Waals surface area contributed by atoms with Gasteiger partial charge >= 0.3 is 0 Å². The molecule has 1 saturated heterocycles. The van der Waals surface area contributed by atoms with Gasteiger partial charge in [0, 0.05) is 24.4 Å². The molecule has 5 heteroatoms. The summed E-state index contributed by atoms with van der Waals surface area (Å²) < 4.78 is 0. The lowest BCUT2D eigenvalue weighted by molar-refractivity contribution is 0.724. The first-order chi connectivity index (χ1) is 5.86. The van der Waals surface area contributed by atoms with Crippen LogP contribution >= 0.6 is 17.0 Å². The Bertz CT molecular complexity index is 319. The average Bonchev–Trinajstić information content (AvgIpc) is 2.56. The van der Waals surface area contributed by atoms with Gasteiger partial charge in [-0.15, -0.1) is 17.0 Å². The normalized spacial score (nSPS) is 21.1. The van der Waals surface area contributed by atoms with Crippen molar-refractivity contribution >= 4 is 17.0 Å². The Labute approximate surface area is 86.5 Å². The number of nitrogens with one attached hydrogen (secondary N) is 2. The SMILES string of the molecule is Br.O=c1cncc(C2CCNC2)[nH]1. The van der Waals surface area contributed by atoms with Crippen molar-refractivity contribution in [3.63, 3.8) is 0 Å². The molecule has 2 rings (SSSR count). The van der Waals surface area contributed by atoms with Gasteiger partial charge in [0.2, 0.25) is 0 Å². The van der Waals surface area contributed by atoms with E-state index >= 15 is 0 Å². The van der Waals surface area contributed by atoms with E-state index in [2.05, 4.69) is 15.3 Å². The summed E-state index contributed by atoms with van der Waals surface area (Å²) in [5.74, 6) is 0.436. The summed E-state index contributed by atoms with van der Waals surface area (Å²) in [6.45, 7) is 1.98. The summed E-state index contributed by atoms with van der Waals surface area (Å²) in [6, 6.07) is 0. The van der Waals surface area contributed by atoms with Crippen LogP contribution in [0.25, 0.3) is 0 Å². The maximum absolute atomic E-state index is 10.9. The first kappa shape index (κ1) is 10.4. The zero-order chi connectivity index (χ0) is 8.39. The van der Waals surface area contributed by atoms with E-state index in [1.807, 2.05) is 0 Å². The Morgan fingerprint density at radius 3 is 2.92 bits per heavy atom. The van der Waals surface area contributed by atoms with Crippen molar-refractivity contribution in [1.29, 1.82) is 0 Å². The van der Waals surface area contributed by atoms with Crippen LogP contribution in [-0.4, -0.2) is 23.1 Å². The molecular formula is C8H12BrN3O. The van der Waals surface area contributed by atoms with Crippen molar-refractivity contribution in [2.45, 2.75) is 12.3 Å². The van der Waals surface area contributed by atoms with Crippen LogP contribution in [0, 0.1) is 0 Å². The molecule has 0 amide bonds. The standard InChI is InChI=1S/C8H11N3O.BrH/c12-8-5-10-4-7(11-8)6-1-2-9-3-6;/h4-6,9H,1-3H2,(H,11,12);1H. The minimum absolute atomic E-state index is 0. The molecule has 13 heavy (non-hydrogen) atoms. The maximum Gasteiger partial charge on any atom is 0.266 e. The number of halogens is 1. The molecule has 0 bridgehead atoms. The zero-order valence-corrected chi connectivity index (χ0v) is 8.83.